The quantitative estimate of drug-likeness (QED) is 0.592. The van der Waals surface area contributed by atoms with Crippen molar-refractivity contribution >= 4 is 22.6 Å². The number of halogens is 1. The molecule has 19 heavy (non-hydrogen) atoms. The van der Waals surface area contributed by atoms with Crippen LogP contribution in [0.25, 0.3) is 0 Å². The molecule has 2 aromatic rings. The monoisotopic (exact) mass is 366 g/mol. The molecule has 0 amide bonds. The van der Waals surface area contributed by atoms with E-state index < -0.39 is 0 Å². The average Bonchev–Trinajstić information content (AvgIpc) is 2.65. The molecule has 0 unspecified atom stereocenters. The zero-order chi connectivity index (χ0) is 13.1. The van der Waals surface area contributed by atoms with Gasteiger partial charge in [0.1, 0.15) is 12.1 Å². The molecule has 3 nitrogen and oxygen atoms in total. The number of aromatic nitrogens is 2. The molecule has 0 saturated carbocycles. The molecular weight excluding hydrogens is 351 g/mol. The molecule has 1 aliphatic rings. The van der Waals surface area contributed by atoms with E-state index in [2.05, 4.69) is 32.6 Å². The van der Waals surface area contributed by atoms with Crippen LogP contribution in [0.5, 0.6) is 11.6 Å². The maximum absolute atomic E-state index is 5.96. The zero-order valence-electron chi connectivity index (χ0n) is 10.6. The van der Waals surface area contributed by atoms with Crippen LogP contribution in [0, 0.1) is 3.57 Å². The maximum atomic E-state index is 5.96. The lowest BCUT2D eigenvalue weighted by molar-refractivity contribution is 0.452. The molecule has 0 atom stereocenters. The Morgan fingerprint density at radius 3 is 2.84 bits per heavy atom. The van der Waals surface area contributed by atoms with Gasteiger partial charge in [-0.1, -0.05) is 12.5 Å². The van der Waals surface area contributed by atoms with Crippen LogP contribution in [-0.4, -0.2) is 9.97 Å². The summed E-state index contributed by atoms with van der Waals surface area (Å²) in [6.07, 6.45) is 7.36. The Morgan fingerprint density at radius 1 is 1.05 bits per heavy atom. The van der Waals surface area contributed by atoms with Gasteiger partial charge in [0.05, 0.1) is 5.69 Å². The molecule has 4 heteroatoms. The summed E-state index contributed by atoms with van der Waals surface area (Å²) < 4.78 is 7.12. The molecule has 1 heterocycles. The van der Waals surface area contributed by atoms with E-state index in [1.54, 1.807) is 6.33 Å². The van der Waals surface area contributed by atoms with Crippen LogP contribution in [0.15, 0.2) is 30.6 Å². The molecule has 0 N–H and O–H groups in total. The highest BCUT2D eigenvalue weighted by Crippen LogP contribution is 2.29. The highest BCUT2D eigenvalue weighted by Gasteiger charge is 2.15. The summed E-state index contributed by atoms with van der Waals surface area (Å²) in [5.41, 5.74) is 2.35. The lowest BCUT2D eigenvalue weighted by atomic mass is 10.1. The fourth-order valence-electron chi connectivity index (χ4n) is 2.40. The summed E-state index contributed by atoms with van der Waals surface area (Å²) in [6, 6.07) is 8.03. The molecule has 0 bridgehead atoms. The van der Waals surface area contributed by atoms with E-state index in [-0.39, 0.29) is 0 Å². The first kappa shape index (κ1) is 12.8. The minimum Gasteiger partial charge on any atom is -0.439 e. The van der Waals surface area contributed by atoms with Crippen molar-refractivity contribution in [3.63, 3.8) is 0 Å². The van der Waals surface area contributed by atoms with Gasteiger partial charge in [0.15, 0.2) is 0 Å². The number of fused-ring (bicyclic) bond motifs is 1. The Labute approximate surface area is 126 Å². The van der Waals surface area contributed by atoms with Gasteiger partial charge in [0.25, 0.3) is 0 Å². The van der Waals surface area contributed by atoms with Crippen molar-refractivity contribution in [2.75, 3.05) is 0 Å². The van der Waals surface area contributed by atoms with Crippen LogP contribution < -0.4 is 4.74 Å². The molecule has 0 radical (unpaired) electrons. The zero-order valence-corrected chi connectivity index (χ0v) is 12.8. The molecule has 1 aliphatic carbocycles. The van der Waals surface area contributed by atoms with Crippen LogP contribution in [0.4, 0.5) is 0 Å². The van der Waals surface area contributed by atoms with Gasteiger partial charge >= 0.3 is 0 Å². The first-order valence-electron chi connectivity index (χ1n) is 6.59. The average molecular weight is 366 g/mol. The molecule has 0 spiro atoms. The van der Waals surface area contributed by atoms with Crippen LogP contribution in [0.3, 0.4) is 0 Å². The first-order chi connectivity index (χ1) is 9.33. The molecule has 3 rings (SSSR count). The van der Waals surface area contributed by atoms with Crippen LogP contribution in [0.2, 0.25) is 0 Å². The van der Waals surface area contributed by atoms with E-state index >= 15 is 0 Å². The van der Waals surface area contributed by atoms with E-state index in [0.29, 0.717) is 0 Å². The number of hydrogen-bond acceptors (Lipinski definition) is 3. The summed E-state index contributed by atoms with van der Waals surface area (Å²) in [5, 5.41) is 0. The van der Waals surface area contributed by atoms with Gasteiger partial charge in [-0.2, -0.15) is 0 Å². The van der Waals surface area contributed by atoms with Crippen LogP contribution in [-0.2, 0) is 12.8 Å². The summed E-state index contributed by atoms with van der Waals surface area (Å²) in [4.78, 5) is 8.73. The van der Waals surface area contributed by atoms with Gasteiger partial charge in [0, 0.05) is 9.13 Å². The van der Waals surface area contributed by atoms with Gasteiger partial charge in [-0.05, 0) is 66.5 Å². The Kier molecular flexibility index (Phi) is 3.96. The molecule has 0 aliphatic heterocycles. The van der Waals surface area contributed by atoms with Crippen molar-refractivity contribution in [1.29, 1.82) is 0 Å². The van der Waals surface area contributed by atoms with E-state index in [9.17, 15) is 0 Å². The number of benzene rings is 1. The number of aryl methyl sites for hydroxylation is 1. The van der Waals surface area contributed by atoms with Crippen LogP contribution in [0.1, 0.15) is 30.5 Å². The van der Waals surface area contributed by atoms with E-state index in [4.69, 9.17) is 4.74 Å². The smallest absolute Gasteiger partial charge is 0.225 e. The van der Waals surface area contributed by atoms with Gasteiger partial charge in [-0.3, -0.25) is 0 Å². The minimum absolute atomic E-state index is 0.730. The predicted molar refractivity (Wildman–Crippen MR) is 82.5 cm³/mol. The topological polar surface area (TPSA) is 35.0 Å². The van der Waals surface area contributed by atoms with Crippen LogP contribution >= 0.6 is 22.6 Å². The van der Waals surface area contributed by atoms with Crippen molar-refractivity contribution < 1.29 is 4.74 Å². The summed E-state index contributed by atoms with van der Waals surface area (Å²) in [5.74, 6) is 1.57. The summed E-state index contributed by atoms with van der Waals surface area (Å²) >= 11 is 2.28. The van der Waals surface area contributed by atoms with Gasteiger partial charge in [0.2, 0.25) is 5.88 Å². The Bertz CT molecular complexity index is 586. The SMILES string of the molecule is Ic1cccc(Oc2ncnc3c2CCCCC3)c1. The Balaban J connectivity index is 1.93. The lowest BCUT2D eigenvalue weighted by Crippen LogP contribution is -2.01. The Morgan fingerprint density at radius 2 is 1.95 bits per heavy atom. The second kappa shape index (κ2) is 5.86. The number of rotatable bonds is 2. The highest BCUT2D eigenvalue weighted by molar-refractivity contribution is 14.1. The summed E-state index contributed by atoms with van der Waals surface area (Å²) in [7, 11) is 0. The van der Waals surface area contributed by atoms with Crippen molar-refractivity contribution in [2.24, 2.45) is 0 Å². The van der Waals surface area contributed by atoms with E-state index in [0.717, 1.165) is 33.7 Å². The van der Waals surface area contributed by atoms with Crippen molar-refractivity contribution in [2.45, 2.75) is 32.1 Å². The molecule has 0 fully saturated rings. The van der Waals surface area contributed by atoms with Gasteiger partial charge < -0.3 is 4.74 Å². The molecule has 1 aromatic carbocycles. The highest BCUT2D eigenvalue weighted by atomic mass is 127. The molecule has 1 aromatic heterocycles. The standard InChI is InChI=1S/C15H15IN2O/c16-11-5-4-6-12(9-11)19-15-13-7-2-1-3-8-14(13)17-10-18-15/h4-6,9-10H,1-3,7-8H2. The molecule has 98 valence electrons. The molecule has 0 saturated heterocycles. The molecular formula is C15H15IN2O. The number of hydrogen-bond donors (Lipinski definition) is 0. The third-order valence-electron chi connectivity index (χ3n) is 3.35. The minimum atomic E-state index is 0.730. The maximum Gasteiger partial charge on any atom is 0.225 e. The van der Waals surface area contributed by atoms with E-state index in [1.165, 1.54) is 24.8 Å². The third kappa shape index (κ3) is 3.05. The fourth-order valence-corrected chi connectivity index (χ4v) is 2.91. The number of nitrogens with zero attached hydrogens (tertiary/aromatic N) is 2. The van der Waals surface area contributed by atoms with Crippen molar-refractivity contribution in [3.8, 4) is 11.6 Å². The van der Waals surface area contributed by atoms with Gasteiger partial charge in [-0.15, -0.1) is 0 Å². The van der Waals surface area contributed by atoms with Crippen molar-refractivity contribution in [3.05, 3.63) is 45.4 Å². The fraction of sp³-hybridized carbons (Fsp3) is 0.333. The lowest BCUT2D eigenvalue weighted by Gasteiger charge is -2.11. The van der Waals surface area contributed by atoms with E-state index in [1.807, 2.05) is 24.3 Å². The normalized spacial score (nSPS) is 14.6. The van der Waals surface area contributed by atoms with Crippen molar-refractivity contribution in [1.82, 2.24) is 9.97 Å². The predicted octanol–water partition coefficient (Wildman–Crippen LogP) is 4.14. The second-order valence-corrected chi connectivity index (χ2v) is 5.97. The summed E-state index contributed by atoms with van der Waals surface area (Å²) in [6.45, 7) is 0. The van der Waals surface area contributed by atoms with Gasteiger partial charge in [-0.25, -0.2) is 9.97 Å². The first-order valence-corrected chi connectivity index (χ1v) is 7.67. The Hall–Kier alpha value is -1.17. The third-order valence-corrected chi connectivity index (χ3v) is 4.02. The number of ether oxygens (including phenoxy) is 1. The largest absolute Gasteiger partial charge is 0.439 e. The second-order valence-electron chi connectivity index (χ2n) is 4.72.